The molecule has 2 N–H and O–H groups in total. The second kappa shape index (κ2) is 4.80. The summed E-state index contributed by atoms with van der Waals surface area (Å²) in [6, 6.07) is 7.79. The lowest BCUT2D eigenvalue weighted by atomic mass is 10.00. The van der Waals surface area contributed by atoms with Gasteiger partial charge >= 0.3 is 5.63 Å². The van der Waals surface area contributed by atoms with Gasteiger partial charge in [0.05, 0.1) is 17.1 Å². The molecule has 0 bridgehead atoms. The van der Waals surface area contributed by atoms with Crippen LogP contribution in [0.5, 0.6) is 11.5 Å². The normalized spacial score (nSPS) is 18.8. The molecule has 2 aromatic heterocycles. The lowest BCUT2D eigenvalue weighted by Gasteiger charge is -2.06. The monoisotopic (exact) mass is 352 g/mol. The topological polar surface area (TPSA) is 96.3 Å². The van der Waals surface area contributed by atoms with Gasteiger partial charge in [-0.1, -0.05) is 0 Å². The van der Waals surface area contributed by atoms with Crippen molar-refractivity contribution in [1.29, 1.82) is 0 Å². The molecule has 6 nitrogen and oxygen atoms in total. The largest absolute Gasteiger partial charge is 0.508 e. The average molecular weight is 352 g/mol. The zero-order valence-electron chi connectivity index (χ0n) is 14.2. The fraction of sp³-hybridized carbons (Fsp3) is 0.250. The van der Waals surface area contributed by atoms with E-state index in [0.29, 0.717) is 39.3 Å². The highest BCUT2D eigenvalue weighted by Gasteiger charge is 2.47. The van der Waals surface area contributed by atoms with Gasteiger partial charge in [-0.15, -0.1) is 0 Å². The van der Waals surface area contributed by atoms with Crippen molar-refractivity contribution in [2.75, 3.05) is 0 Å². The number of rotatable bonds is 2. The van der Waals surface area contributed by atoms with Crippen LogP contribution in [0.4, 0.5) is 0 Å². The molecule has 1 fully saturated rings. The van der Waals surface area contributed by atoms with E-state index in [-0.39, 0.29) is 28.8 Å². The molecule has 3 heterocycles. The SMILES string of the molecule is CC1(C)OC1Cc1cc2c(cc1O)oc(=O)c1c3ccc(O)cc3oc21. The minimum Gasteiger partial charge on any atom is -0.508 e. The summed E-state index contributed by atoms with van der Waals surface area (Å²) in [7, 11) is 0. The fourth-order valence-electron chi connectivity index (χ4n) is 3.49. The van der Waals surface area contributed by atoms with E-state index in [2.05, 4.69) is 0 Å². The van der Waals surface area contributed by atoms with Crippen LogP contribution in [0.15, 0.2) is 44.0 Å². The Morgan fingerprint density at radius 3 is 2.50 bits per heavy atom. The third-order valence-corrected chi connectivity index (χ3v) is 5.08. The first-order valence-corrected chi connectivity index (χ1v) is 8.35. The Morgan fingerprint density at radius 1 is 1.04 bits per heavy atom. The van der Waals surface area contributed by atoms with Crippen LogP contribution in [0.2, 0.25) is 0 Å². The summed E-state index contributed by atoms with van der Waals surface area (Å²) in [4.78, 5) is 12.4. The van der Waals surface area contributed by atoms with Crippen LogP contribution in [0.25, 0.3) is 32.9 Å². The molecule has 0 amide bonds. The predicted molar refractivity (Wildman–Crippen MR) is 95.7 cm³/mol. The Labute approximate surface area is 147 Å². The van der Waals surface area contributed by atoms with Crippen LogP contribution < -0.4 is 5.63 Å². The van der Waals surface area contributed by atoms with Gasteiger partial charge in [-0.25, -0.2) is 4.79 Å². The number of aromatic hydroxyl groups is 2. The number of phenolic OH excluding ortho intramolecular Hbond substituents is 2. The number of benzene rings is 2. The molecule has 1 unspecified atom stereocenters. The van der Waals surface area contributed by atoms with Crippen molar-refractivity contribution in [3.8, 4) is 11.5 Å². The molecule has 1 atom stereocenters. The van der Waals surface area contributed by atoms with Gasteiger partial charge in [0.25, 0.3) is 0 Å². The van der Waals surface area contributed by atoms with Crippen LogP contribution in [0, 0.1) is 0 Å². The molecular weight excluding hydrogens is 336 g/mol. The highest BCUT2D eigenvalue weighted by molar-refractivity contribution is 6.13. The molecule has 0 aliphatic carbocycles. The zero-order chi connectivity index (χ0) is 18.2. The van der Waals surface area contributed by atoms with E-state index < -0.39 is 5.63 Å². The van der Waals surface area contributed by atoms with E-state index in [0.717, 1.165) is 0 Å². The smallest absolute Gasteiger partial charge is 0.348 e. The summed E-state index contributed by atoms with van der Waals surface area (Å²) in [5, 5.41) is 21.5. The van der Waals surface area contributed by atoms with E-state index in [1.807, 2.05) is 13.8 Å². The van der Waals surface area contributed by atoms with Crippen LogP contribution in [0.1, 0.15) is 19.4 Å². The fourth-order valence-corrected chi connectivity index (χ4v) is 3.49. The van der Waals surface area contributed by atoms with Gasteiger partial charge in [-0.05, 0) is 37.6 Å². The van der Waals surface area contributed by atoms with Crippen molar-refractivity contribution in [3.63, 3.8) is 0 Å². The number of epoxide rings is 1. The molecule has 26 heavy (non-hydrogen) atoms. The Kier molecular flexibility index (Phi) is 2.82. The number of fused-ring (bicyclic) bond motifs is 5. The van der Waals surface area contributed by atoms with Gasteiger partial charge in [0.15, 0.2) is 5.58 Å². The highest BCUT2D eigenvalue weighted by Crippen LogP contribution is 2.41. The average Bonchev–Trinajstić information content (AvgIpc) is 2.99. The standard InChI is InChI=1S/C20H16O6/c1-20(2)16(26-20)6-9-5-12-15(8-13(9)22)25-19(23)17-11-4-3-10(21)7-14(11)24-18(12)17/h3-5,7-8,16,21-22H,6H2,1-2H3. The quantitative estimate of drug-likeness (QED) is 0.420. The number of ether oxygens (including phenoxy) is 1. The van der Waals surface area contributed by atoms with Gasteiger partial charge in [0.1, 0.15) is 28.1 Å². The van der Waals surface area contributed by atoms with Crippen molar-refractivity contribution >= 4 is 32.9 Å². The van der Waals surface area contributed by atoms with Crippen molar-refractivity contribution in [2.24, 2.45) is 0 Å². The van der Waals surface area contributed by atoms with E-state index in [9.17, 15) is 15.0 Å². The lowest BCUT2D eigenvalue weighted by molar-refractivity contribution is 0.322. The molecule has 0 radical (unpaired) electrons. The first kappa shape index (κ1) is 15.3. The van der Waals surface area contributed by atoms with Crippen LogP contribution in [-0.2, 0) is 11.2 Å². The second-order valence-electron chi connectivity index (χ2n) is 7.27. The van der Waals surface area contributed by atoms with Crippen molar-refractivity contribution in [3.05, 3.63) is 46.3 Å². The number of hydrogen-bond acceptors (Lipinski definition) is 6. The summed E-state index contributed by atoms with van der Waals surface area (Å²) in [5.74, 6) is 0.108. The van der Waals surface area contributed by atoms with E-state index in [1.54, 1.807) is 12.1 Å². The third-order valence-electron chi connectivity index (χ3n) is 5.08. The first-order valence-electron chi connectivity index (χ1n) is 8.35. The molecule has 0 saturated carbocycles. The Bertz CT molecular complexity index is 1260. The molecule has 0 spiro atoms. The molecule has 132 valence electrons. The molecule has 1 aliphatic rings. The van der Waals surface area contributed by atoms with Gasteiger partial charge < -0.3 is 23.8 Å². The molecule has 2 aromatic carbocycles. The summed E-state index contributed by atoms with van der Waals surface area (Å²) in [6.45, 7) is 4.00. The number of hydrogen-bond donors (Lipinski definition) is 2. The first-order chi connectivity index (χ1) is 12.3. The van der Waals surface area contributed by atoms with Gasteiger partial charge in [-0.3, -0.25) is 0 Å². The minimum atomic E-state index is -0.546. The maximum atomic E-state index is 12.4. The summed E-state index contributed by atoms with van der Waals surface area (Å²) in [5.41, 5.74) is 0.997. The maximum Gasteiger partial charge on any atom is 0.348 e. The molecule has 1 saturated heterocycles. The van der Waals surface area contributed by atoms with Gasteiger partial charge in [0, 0.05) is 23.9 Å². The summed E-state index contributed by atoms with van der Waals surface area (Å²) < 4.78 is 16.9. The maximum absolute atomic E-state index is 12.4. The molecule has 5 rings (SSSR count). The Hall–Kier alpha value is -2.99. The van der Waals surface area contributed by atoms with Crippen molar-refractivity contribution in [2.45, 2.75) is 32.0 Å². The number of phenols is 2. The van der Waals surface area contributed by atoms with Gasteiger partial charge in [0.2, 0.25) is 0 Å². The summed E-state index contributed by atoms with van der Waals surface area (Å²) in [6.07, 6.45) is 0.584. The predicted octanol–water partition coefficient (Wildman–Crippen LogP) is 3.82. The highest BCUT2D eigenvalue weighted by atomic mass is 16.6. The van der Waals surface area contributed by atoms with Crippen LogP contribution in [-0.4, -0.2) is 21.9 Å². The lowest BCUT2D eigenvalue weighted by Crippen LogP contribution is -2.06. The van der Waals surface area contributed by atoms with E-state index in [4.69, 9.17) is 13.6 Å². The molecule has 4 aromatic rings. The Morgan fingerprint density at radius 2 is 1.77 bits per heavy atom. The minimum absolute atomic E-state index is 0.0321. The third kappa shape index (κ3) is 2.12. The molecular formula is C20H16O6. The Balaban J connectivity index is 1.80. The zero-order valence-corrected chi connectivity index (χ0v) is 14.2. The van der Waals surface area contributed by atoms with E-state index >= 15 is 0 Å². The van der Waals surface area contributed by atoms with Crippen LogP contribution in [0.3, 0.4) is 0 Å². The van der Waals surface area contributed by atoms with Crippen LogP contribution >= 0.6 is 0 Å². The number of furan rings is 1. The summed E-state index contributed by atoms with van der Waals surface area (Å²) >= 11 is 0. The van der Waals surface area contributed by atoms with Crippen molar-refractivity contribution in [1.82, 2.24) is 0 Å². The second-order valence-corrected chi connectivity index (χ2v) is 7.27. The van der Waals surface area contributed by atoms with E-state index in [1.165, 1.54) is 18.2 Å². The van der Waals surface area contributed by atoms with Crippen molar-refractivity contribution < 1.29 is 23.8 Å². The molecule has 1 aliphatic heterocycles. The molecule has 6 heteroatoms. The van der Waals surface area contributed by atoms with Gasteiger partial charge in [-0.2, -0.15) is 0 Å².